The zero-order valence-electron chi connectivity index (χ0n) is 26.6. The molecule has 0 saturated heterocycles. The number of rotatable bonds is 16. The Hall–Kier alpha value is -3.00. The fourth-order valence-corrected chi connectivity index (χ4v) is 5.33. The summed E-state index contributed by atoms with van der Waals surface area (Å²) in [5.74, 6) is 0.157. The van der Waals surface area contributed by atoms with Crippen LogP contribution in [0.2, 0.25) is 0 Å². The molecule has 3 amide bonds. The molecule has 2 aromatic rings. The van der Waals surface area contributed by atoms with Crippen molar-refractivity contribution in [3.8, 4) is 0 Å². The molecule has 0 aliphatic rings. The van der Waals surface area contributed by atoms with E-state index in [1.807, 2.05) is 68.6 Å². The number of unbranched alkanes of at least 4 members (excludes halogenated alkanes) is 4. The van der Waals surface area contributed by atoms with Crippen molar-refractivity contribution in [3.05, 3.63) is 70.8 Å². The van der Waals surface area contributed by atoms with Crippen LogP contribution in [-0.2, 0) is 20.9 Å². The van der Waals surface area contributed by atoms with Crippen molar-refractivity contribution in [2.75, 3.05) is 18.6 Å². The van der Waals surface area contributed by atoms with Crippen LogP contribution >= 0.6 is 11.8 Å². The monoisotopic (exact) mass is 597 g/mol. The van der Waals surface area contributed by atoms with Gasteiger partial charge in [0.05, 0.1) is 0 Å². The Morgan fingerprint density at radius 1 is 0.976 bits per heavy atom. The zero-order chi connectivity index (χ0) is 31.1. The van der Waals surface area contributed by atoms with Crippen molar-refractivity contribution in [3.63, 3.8) is 0 Å². The number of alkyl carbamates (subject to hydrolysis) is 1. The van der Waals surface area contributed by atoms with Crippen LogP contribution in [-0.4, -0.2) is 53.0 Å². The molecule has 0 heterocycles. The highest BCUT2D eigenvalue weighted by molar-refractivity contribution is 7.98. The summed E-state index contributed by atoms with van der Waals surface area (Å²) >= 11 is 1.60. The van der Waals surface area contributed by atoms with Gasteiger partial charge in [-0.2, -0.15) is 11.8 Å². The van der Waals surface area contributed by atoms with E-state index in [4.69, 9.17) is 4.74 Å². The number of hydrogen-bond donors (Lipinski definition) is 2. The van der Waals surface area contributed by atoms with Gasteiger partial charge >= 0.3 is 6.09 Å². The third kappa shape index (κ3) is 12.1. The largest absolute Gasteiger partial charge is 0.444 e. The van der Waals surface area contributed by atoms with Crippen LogP contribution < -0.4 is 10.6 Å². The summed E-state index contributed by atoms with van der Waals surface area (Å²) in [6.45, 7) is 12.3. The van der Waals surface area contributed by atoms with Gasteiger partial charge in [0.15, 0.2) is 0 Å². The molecule has 0 fully saturated rings. The topological polar surface area (TPSA) is 87.7 Å². The maximum Gasteiger partial charge on any atom is 0.408 e. The van der Waals surface area contributed by atoms with Crippen molar-refractivity contribution in [2.45, 2.75) is 104 Å². The first-order chi connectivity index (χ1) is 20.0. The number of nitrogens with one attached hydrogen (secondary N) is 2. The molecule has 2 aromatic carbocycles. The number of nitrogens with zero attached hydrogens (tertiary/aromatic N) is 1. The Morgan fingerprint density at radius 3 is 2.29 bits per heavy atom. The summed E-state index contributed by atoms with van der Waals surface area (Å²) in [6.07, 6.45) is 6.79. The summed E-state index contributed by atoms with van der Waals surface area (Å²) in [5.41, 5.74) is 3.09. The summed E-state index contributed by atoms with van der Waals surface area (Å²) in [5, 5.41) is 5.92. The van der Waals surface area contributed by atoms with Gasteiger partial charge in [0, 0.05) is 13.1 Å². The third-order valence-electron chi connectivity index (χ3n) is 6.97. The Labute approximate surface area is 257 Å². The summed E-state index contributed by atoms with van der Waals surface area (Å²) in [4.78, 5) is 43.0. The Kier molecular flexibility index (Phi) is 15.0. The molecule has 0 aliphatic heterocycles. The summed E-state index contributed by atoms with van der Waals surface area (Å²) in [7, 11) is 0. The highest BCUT2D eigenvalue weighted by Crippen LogP contribution is 2.28. The molecule has 2 unspecified atom stereocenters. The van der Waals surface area contributed by atoms with Gasteiger partial charge in [0.2, 0.25) is 11.8 Å². The van der Waals surface area contributed by atoms with Crippen molar-refractivity contribution in [2.24, 2.45) is 0 Å². The van der Waals surface area contributed by atoms with Gasteiger partial charge in [-0.15, -0.1) is 0 Å². The van der Waals surface area contributed by atoms with E-state index in [2.05, 4.69) is 17.6 Å². The molecule has 2 atom stereocenters. The molecule has 42 heavy (non-hydrogen) atoms. The highest BCUT2D eigenvalue weighted by Gasteiger charge is 2.36. The van der Waals surface area contributed by atoms with Gasteiger partial charge in [-0.25, -0.2) is 4.79 Å². The number of carbonyl (C=O) groups is 3. The quantitative estimate of drug-likeness (QED) is 0.202. The van der Waals surface area contributed by atoms with E-state index in [1.54, 1.807) is 37.4 Å². The number of amides is 3. The molecular weight excluding hydrogens is 546 g/mol. The SMILES string of the molecule is CCCCCCCN(C(=O)C(CCSC)NC(=O)OC(C)(C)C)C(C(=O)NCc1ccccc1)c1ccc(C)cc1C. The van der Waals surface area contributed by atoms with Crippen LogP contribution in [0.5, 0.6) is 0 Å². The molecule has 8 heteroatoms. The molecule has 0 radical (unpaired) electrons. The molecule has 7 nitrogen and oxygen atoms in total. The van der Waals surface area contributed by atoms with Crippen molar-refractivity contribution >= 4 is 29.7 Å². The van der Waals surface area contributed by atoms with Crippen LogP contribution in [0.1, 0.15) is 94.5 Å². The lowest BCUT2D eigenvalue weighted by Gasteiger charge is -2.35. The van der Waals surface area contributed by atoms with E-state index < -0.39 is 23.8 Å². The molecule has 0 aliphatic carbocycles. The minimum absolute atomic E-state index is 0.242. The van der Waals surface area contributed by atoms with Gasteiger partial charge in [-0.1, -0.05) is 86.7 Å². The van der Waals surface area contributed by atoms with Crippen molar-refractivity contribution in [1.82, 2.24) is 15.5 Å². The first kappa shape index (κ1) is 35.2. The Morgan fingerprint density at radius 2 is 1.67 bits per heavy atom. The van der Waals surface area contributed by atoms with E-state index in [9.17, 15) is 14.4 Å². The molecule has 0 bridgehead atoms. The number of benzene rings is 2. The lowest BCUT2D eigenvalue weighted by molar-refractivity contribution is -0.142. The molecule has 232 valence electrons. The highest BCUT2D eigenvalue weighted by atomic mass is 32.2. The predicted octanol–water partition coefficient (Wildman–Crippen LogP) is 7.11. The van der Waals surface area contributed by atoms with E-state index in [0.717, 1.165) is 54.4 Å². The van der Waals surface area contributed by atoms with Crippen LogP contribution in [0.15, 0.2) is 48.5 Å². The maximum absolute atomic E-state index is 14.4. The van der Waals surface area contributed by atoms with Crippen molar-refractivity contribution in [1.29, 1.82) is 0 Å². The number of hydrogen-bond acceptors (Lipinski definition) is 5. The number of thioether (sulfide) groups is 1. The second kappa shape index (κ2) is 17.8. The number of carbonyl (C=O) groups excluding carboxylic acids is 3. The molecule has 2 rings (SSSR count). The van der Waals surface area contributed by atoms with Crippen LogP contribution in [0, 0.1) is 13.8 Å². The lowest BCUT2D eigenvalue weighted by atomic mass is 9.95. The molecule has 2 N–H and O–H groups in total. The minimum Gasteiger partial charge on any atom is -0.444 e. The molecule has 0 spiro atoms. The average Bonchev–Trinajstić information content (AvgIpc) is 2.93. The summed E-state index contributed by atoms with van der Waals surface area (Å²) in [6, 6.07) is 14.1. The zero-order valence-corrected chi connectivity index (χ0v) is 27.4. The molecule has 0 aromatic heterocycles. The first-order valence-electron chi connectivity index (χ1n) is 15.1. The van der Waals surface area contributed by atoms with Gasteiger partial charge in [0.25, 0.3) is 0 Å². The average molecular weight is 598 g/mol. The second-order valence-electron chi connectivity index (χ2n) is 11.9. The van der Waals surface area contributed by atoms with Crippen LogP contribution in [0.4, 0.5) is 4.79 Å². The van der Waals surface area contributed by atoms with E-state index >= 15 is 0 Å². The van der Waals surface area contributed by atoms with Gasteiger partial charge in [-0.05, 0) is 76.2 Å². The minimum atomic E-state index is -0.842. The van der Waals surface area contributed by atoms with Gasteiger partial charge < -0.3 is 20.3 Å². The Balaban J connectivity index is 2.50. The van der Waals surface area contributed by atoms with E-state index in [1.165, 1.54) is 0 Å². The molecular formula is C34H51N3O4S. The van der Waals surface area contributed by atoms with Crippen LogP contribution in [0.25, 0.3) is 0 Å². The number of ether oxygens (including phenoxy) is 1. The summed E-state index contributed by atoms with van der Waals surface area (Å²) < 4.78 is 5.51. The normalized spacial score (nSPS) is 12.7. The van der Waals surface area contributed by atoms with Gasteiger partial charge in [0.1, 0.15) is 17.7 Å². The van der Waals surface area contributed by atoms with E-state index in [0.29, 0.717) is 25.3 Å². The lowest BCUT2D eigenvalue weighted by Crippen LogP contribution is -2.53. The third-order valence-corrected chi connectivity index (χ3v) is 7.62. The smallest absolute Gasteiger partial charge is 0.408 e. The number of aryl methyl sites for hydroxylation is 2. The fourth-order valence-electron chi connectivity index (χ4n) is 4.86. The first-order valence-corrected chi connectivity index (χ1v) is 16.5. The second-order valence-corrected chi connectivity index (χ2v) is 12.9. The van der Waals surface area contributed by atoms with Gasteiger partial charge in [-0.3, -0.25) is 9.59 Å². The van der Waals surface area contributed by atoms with E-state index in [-0.39, 0.29) is 11.8 Å². The Bertz CT molecular complexity index is 1130. The van der Waals surface area contributed by atoms with Crippen LogP contribution in [0.3, 0.4) is 0 Å². The maximum atomic E-state index is 14.4. The van der Waals surface area contributed by atoms with Crippen molar-refractivity contribution < 1.29 is 19.1 Å². The standard InChI is InChI=1S/C34H51N3O4S/c1-8-9-10-11-15-21-37(32(39)29(20-22-42-7)36-33(40)41-34(4,5)6)30(28-19-18-25(2)23-26(28)3)31(38)35-24-27-16-13-12-14-17-27/h12-14,16-19,23,29-30H,8-11,15,20-22,24H2,1-7H3,(H,35,38)(H,36,40). The predicted molar refractivity (Wildman–Crippen MR) is 174 cm³/mol. The molecule has 0 saturated carbocycles. The fraction of sp³-hybridized carbons (Fsp3) is 0.559.